The van der Waals surface area contributed by atoms with Crippen molar-refractivity contribution in [3.8, 4) is 5.75 Å². The molecule has 1 aliphatic rings. The highest BCUT2D eigenvalue weighted by atomic mass is 16.5. The number of aryl methyl sites for hydroxylation is 1. The lowest BCUT2D eigenvalue weighted by atomic mass is 9.88. The predicted molar refractivity (Wildman–Crippen MR) is 65.1 cm³/mol. The number of hydrogen-bond acceptors (Lipinski definition) is 2. The lowest BCUT2D eigenvalue weighted by Crippen LogP contribution is -2.42. The molecule has 1 unspecified atom stereocenters. The van der Waals surface area contributed by atoms with E-state index in [-0.39, 0.29) is 5.60 Å². The zero-order valence-corrected chi connectivity index (χ0v) is 10.4. The van der Waals surface area contributed by atoms with Gasteiger partial charge in [0.15, 0.2) is 0 Å². The Bertz CT molecular complexity index is 367. The summed E-state index contributed by atoms with van der Waals surface area (Å²) in [5.74, 6) is 0.992. The lowest BCUT2D eigenvalue weighted by molar-refractivity contribution is -0.132. The molecule has 1 heterocycles. The van der Waals surface area contributed by atoms with E-state index in [0.29, 0.717) is 0 Å². The van der Waals surface area contributed by atoms with Crippen molar-refractivity contribution in [3.05, 3.63) is 29.3 Å². The van der Waals surface area contributed by atoms with Gasteiger partial charge in [0.1, 0.15) is 5.75 Å². The highest BCUT2D eigenvalue weighted by molar-refractivity contribution is 5.37. The Balaban J connectivity index is 2.15. The largest absolute Gasteiger partial charge is 0.496 e. The summed E-state index contributed by atoms with van der Waals surface area (Å²) >= 11 is 0. The smallest absolute Gasteiger partial charge is 0.122 e. The molecule has 1 aromatic rings. The van der Waals surface area contributed by atoms with Crippen LogP contribution in [-0.2, 0) is 17.6 Å². The van der Waals surface area contributed by atoms with Crippen LogP contribution in [0.2, 0.25) is 0 Å². The quantitative estimate of drug-likeness (QED) is 0.776. The van der Waals surface area contributed by atoms with Crippen LogP contribution in [0.15, 0.2) is 18.2 Å². The molecule has 0 radical (unpaired) electrons. The van der Waals surface area contributed by atoms with Crippen molar-refractivity contribution in [2.75, 3.05) is 13.7 Å². The minimum atomic E-state index is 0.0690. The van der Waals surface area contributed by atoms with E-state index in [4.69, 9.17) is 9.47 Å². The van der Waals surface area contributed by atoms with Gasteiger partial charge >= 0.3 is 0 Å². The highest BCUT2D eigenvalue weighted by Gasteiger charge is 2.33. The Labute approximate surface area is 97.6 Å². The first-order valence-electron chi connectivity index (χ1n) is 5.96. The molecule has 2 nitrogen and oxygen atoms in total. The fourth-order valence-corrected chi connectivity index (χ4v) is 2.24. The van der Waals surface area contributed by atoms with E-state index in [9.17, 15) is 0 Å². The standard InChI is InChI=1S/C14H20O2/c1-4-12-9-11(5-6-13(12)15-3)10-14(2)7-8-16-14/h5-6,9H,4,7-8,10H2,1-3H3. The number of methoxy groups -OCH3 is 1. The van der Waals surface area contributed by atoms with Crippen molar-refractivity contribution in [1.82, 2.24) is 0 Å². The molecule has 0 aliphatic carbocycles. The second-order valence-corrected chi connectivity index (χ2v) is 4.72. The van der Waals surface area contributed by atoms with Gasteiger partial charge in [-0.1, -0.05) is 19.1 Å². The van der Waals surface area contributed by atoms with Crippen molar-refractivity contribution >= 4 is 0 Å². The molecule has 88 valence electrons. The molecular formula is C14H20O2. The fraction of sp³-hybridized carbons (Fsp3) is 0.571. The van der Waals surface area contributed by atoms with Gasteiger partial charge in [-0.3, -0.25) is 0 Å². The Hall–Kier alpha value is -1.02. The van der Waals surface area contributed by atoms with Crippen LogP contribution in [0.3, 0.4) is 0 Å². The van der Waals surface area contributed by atoms with Gasteiger partial charge in [0.05, 0.1) is 19.3 Å². The lowest BCUT2D eigenvalue weighted by Gasteiger charge is -2.39. The van der Waals surface area contributed by atoms with Gasteiger partial charge < -0.3 is 9.47 Å². The number of ether oxygens (including phenoxy) is 2. The Morgan fingerprint density at radius 3 is 2.69 bits per heavy atom. The van der Waals surface area contributed by atoms with Crippen LogP contribution in [0.25, 0.3) is 0 Å². The molecule has 0 bridgehead atoms. The summed E-state index contributed by atoms with van der Waals surface area (Å²) in [7, 11) is 1.73. The molecule has 2 heteroatoms. The monoisotopic (exact) mass is 220 g/mol. The van der Waals surface area contributed by atoms with Crippen molar-refractivity contribution < 1.29 is 9.47 Å². The summed E-state index contributed by atoms with van der Waals surface area (Å²) < 4.78 is 11.0. The maximum atomic E-state index is 5.62. The zero-order valence-electron chi connectivity index (χ0n) is 10.4. The van der Waals surface area contributed by atoms with Crippen LogP contribution in [0.4, 0.5) is 0 Å². The molecule has 0 aromatic heterocycles. The zero-order chi connectivity index (χ0) is 11.6. The Morgan fingerprint density at radius 2 is 2.19 bits per heavy atom. The van der Waals surface area contributed by atoms with Crippen LogP contribution in [0.5, 0.6) is 5.75 Å². The molecule has 16 heavy (non-hydrogen) atoms. The van der Waals surface area contributed by atoms with Gasteiger partial charge in [0.2, 0.25) is 0 Å². The van der Waals surface area contributed by atoms with Crippen LogP contribution in [0.1, 0.15) is 31.4 Å². The van der Waals surface area contributed by atoms with Crippen molar-refractivity contribution in [3.63, 3.8) is 0 Å². The summed E-state index contributed by atoms with van der Waals surface area (Å²) in [6.45, 7) is 5.25. The highest BCUT2D eigenvalue weighted by Crippen LogP contribution is 2.31. The normalized spacial score (nSPS) is 23.9. The first kappa shape index (κ1) is 11.5. The average Bonchev–Trinajstić information content (AvgIpc) is 2.26. The van der Waals surface area contributed by atoms with Crippen molar-refractivity contribution in [1.29, 1.82) is 0 Å². The molecular weight excluding hydrogens is 200 g/mol. The number of rotatable bonds is 4. The van der Waals surface area contributed by atoms with Gasteiger partial charge in [-0.05, 0) is 37.0 Å². The first-order chi connectivity index (χ1) is 7.67. The van der Waals surface area contributed by atoms with Gasteiger partial charge in [-0.25, -0.2) is 0 Å². The molecule has 1 fully saturated rings. The maximum absolute atomic E-state index is 5.62. The Morgan fingerprint density at radius 1 is 1.44 bits per heavy atom. The second-order valence-electron chi connectivity index (χ2n) is 4.72. The van der Waals surface area contributed by atoms with Crippen LogP contribution in [0, 0.1) is 0 Å². The molecule has 1 saturated heterocycles. The number of hydrogen-bond donors (Lipinski definition) is 0. The van der Waals surface area contributed by atoms with Crippen molar-refractivity contribution in [2.24, 2.45) is 0 Å². The fourth-order valence-electron chi connectivity index (χ4n) is 2.24. The Kier molecular flexibility index (Phi) is 3.20. The summed E-state index contributed by atoms with van der Waals surface area (Å²) in [6, 6.07) is 6.45. The minimum Gasteiger partial charge on any atom is -0.496 e. The maximum Gasteiger partial charge on any atom is 0.122 e. The SMILES string of the molecule is CCc1cc(CC2(C)CCO2)ccc1OC. The molecule has 0 amide bonds. The second kappa shape index (κ2) is 4.46. The van der Waals surface area contributed by atoms with Gasteiger partial charge in [-0.15, -0.1) is 0 Å². The average molecular weight is 220 g/mol. The van der Waals surface area contributed by atoms with Gasteiger partial charge in [-0.2, -0.15) is 0 Å². The van der Waals surface area contributed by atoms with Crippen LogP contribution in [-0.4, -0.2) is 19.3 Å². The van der Waals surface area contributed by atoms with Crippen LogP contribution < -0.4 is 4.74 Å². The van der Waals surface area contributed by atoms with E-state index in [2.05, 4.69) is 32.0 Å². The van der Waals surface area contributed by atoms with Gasteiger partial charge in [0, 0.05) is 6.42 Å². The summed E-state index contributed by atoms with van der Waals surface area (Å²) in [5, 5.41) is 0. The molecule has 0 N–H and O–H groups in total. The van der Waals surface area contributed by atoms with Crippen LogP contribution >= 0.6 is 0 Å². The molecule has 1 aromatic carbocycles. The predicted octanol–water partition coefficient (Wildman–Crippen LogP) is 2.98. The molecule has 1 aliphatic heterocycles. The van der Waals surface area contributed by atoms with E-state index in [1.165, 1.54) is 17.5 Å². The van der Waals surface area contributed by atoms with E-state index in [0.717, 1.165) is 25.2 Å². The summed E-state index contributed by atoms with van der Waals surface area (Å²) in [5.41, 5.74) is 2.70. The van der Waals surface area contributed by atoms with E-state index < -0.39 is 0 Å². The topological polar surface area (TPSA) is 18.5 Å². The summed E-state index contributed by atoms with van der Waals surface area (Å²) in [4.78, 5) is 0. The van der Waals surface area contributed by atoms with Gasteiger partial charge in [0.25, 0.3) is 0 Å². The third kappa shape index (κ3) is 2.22. The molecule has 0 spiro atoms. The third-order valence-corrected chi connectivity index (χ3v) is 3.39. The van der Waals surface area contributed by atoms with Crippen molar-refractivity contribution in [2.45, 2.75) is 38.7 Å². The van der Waals surface area contributed by atoms with E-state index in [1.807, 2.05) is 0 Å². The minimum absolute atomic E-state index is 0.0690. The first-order valence-corrected chi connectivity index (χ1v) is 5.96. The molecule has 1 atom stereocenters. The third-order valence-electron chi connectivity index (χ3n) is 3.39. The number of benzene rings is 1. The molecule has 2 rings (SSSR count). The van der Waals surface area contributed by atoms with E-state index in [1.54, 1.807) is 7.11 Å². The molecule has 0 saturated carbocycles. The van der Waals surface area contributed by atoms with E-state index >= 15 is 0 Å². The summed E-state index contributed by atoms with van der Waals surface area (Å²) in [6.07, 6.45) is 3.18.